The molecular weight excluding hydrogens is 310 g/mol. The molecule has 4 bridgehead atoms. The van der Waals surface area contributed by atoms with E-state index in [2.05, 4.69) is 46.9 Å². The van der Waals surface area contributed by atoms with Crippen LogP contribution >= 0.6 is 0 Å². The first-order chi connectivity index (χ1) is 11.5. The lowest BCUT2D eigenvalue weighted by Crippen LogP contribution is -2.40. The molecule has 0 aromatic carbocycles. The molecule has 0 aromatic heterocycles. The summed E-state index contributed by atoms with van der Waals surface area (Å²) in [5.41, 5.74) is -0.0360. The number of carbonyl (C=O) groups excluding carboxylic acids is 2. The first kappa shape index (κ1) is 17.7. The molecule has 3 heteroatoms. The third-order valence-corrected chi connectivity index (χ3v) is 10.1. The molecule has 25 heavy (non-hydrogen) atoms. The Morgan fingerprint density at radius 3 is 1.40 bits per heavy atom. The maximum atomic E-state index is 13.0. The Bertz CT molecular complexity index is 582. The van der Waals surface area contributed by atoms with Crippen LogP contribution in [0.5, 0.6) is 0 Å². The molecule has 4 aliphatic rings. The van der Waals surface area contributed by atoms with Gasteiger partial charge >= 0.3 is 0 Å². The van der Waals surface area contributed by atoms with E-state index >= 15 is 0 Å². The highest BCUT2D eigenvalue weighted by Crippen LogP contribution is 2.66. The zero-order valence-electron chi connectivity index (χ0n) is 16.9. The maximum Gasteiger partial charge on any atom is 0.143 e. The van der Waals surface area contributed by atoms with Gasteiger partial charge in [-0.05, 0) is 48.3 Å². The minimum atomic E-state index is -0.137. The number of rotatable bonds is 4. The quantitative estimate of drug-likeness (QED) is 0.841. The highest BCUT2D eigenvalue weighted by Gasteiger charge is 2.67. The Morgan fingerprint density at radius 2 is 1.12 bits per heavy atom. The normalized spacial score (nSPS) is 49.4. The van der Waals surface area contributed by atoms with Gasteiger partial charge in [0.2, 0.25) is 0 Å². The Labute approximate surface area is 152 Å². The summed E-state index contributed by atoms with van der Waals surface area (Å²) in [6.07, 6.45) is 4.46. The number of fused-ring (bicyclic) bond motifs is 4. The van der Waals surface area contributed by atoms with Crippen molar-refractivity contribution in [3.05, 3.63) is 0 Å². The third kappa shape index (κ3) is 1.86. The van der Waals surface area contributed by atoms with Gasteiger partial charge in [-0.25, -0.2) is 0 Å². The lowest BCUT2D eigenvalue weighted by molar-refractivity contribution is -0.131. The molecule has 4 aliphatic carbocycles. The molecule has 4 fully saturated rings. The van der Waals surface area contributed by atoms with Crippen LogP contribution in [0, 0.1) is 45.3 Å². The zero-order chi connectivity index (χ0) is 18.4. The SMILES string of the molecule is CC1(C)[C@H]2CC[C@@]1(C)C(=O)[C@@H]2CNC[C@H]1C(=O)[C@@]2(C)CC[C@H]1C2(C)C. The fourth-order valence-corrected chi connectivity index (χ4v) is 7.41. The molecule has 3 nitrogen and oxygen atoms in total. The fraction of sp³-hybridized carbons (Fsp3) is 0.909. The second-order valence-corrected chi connectivity index (χ2v) is 11.0. The van der Waals surface area contributed by atoms with Crippen molar-refractivity contribution in [3.8, 4) is 0 Å². The largest absolute Gasteiger partial charge is 0.315 e. The number of hydrogen-bond acceptors (Lipinski definition) is 3. The van der Waals surface area contributed by atoms with Crippen LogP contribution in [0.1, 0.15) is 67.2 Å². The van der Waals surface area contributed by atoms with E-state index in [4.69, 9.17) is 0 Å². The third-order valence-electron chi connectivity index (χ3n) is 10.1. The molecular formula is C22H35NO2. The minimum absolute atomic E-state index is 0.119. The van der Waals surface area contributed by atoms with E-state index < -0.39 is 0 Å². The maximum absolute atomic E-state index is 13.0. The van der Waals surface area contributed by atoms with Gasteiger partial charge in [0, 0.05) is 35.8 Å². The minimum Gasteiger partial charge on any atom is -0.315 e. The van der Waals surface area contributed by atoms with E-state index in [0.717, 1.165) is 25.9 Å². The van der Waals surface area contributed by atoms with Crippen LogP contribution in [-0.4, -0.2) is 24.7 Å². The standard InChI is InChI=1S/C22H35NO2/c1-19(2)15-7-9-21(19,5)17(24)13(15)11-23-12-14-16-8-10-22(6,18(14)25)20(16,3)4/h13-16,23H,7-12H2,1-6H3/t13-,14-,15-,16+,21-,22+/m1/s1. The van der Waals surface area contributed by atoms with E-state index in [1.807, 2.05) is 0 Å². The predicted molar refractivity (Wildman–Crippen MR) is 99.1 cm³/mol. The average Bonchev–Trinajstić information content (AvgIpc) is 3.01. The number of carbonyl (C=O) groups is 2. The predicted octanol–water partition coefficient (Wildman–Crippen LogP) is 3.86. The molecule has 0 aromatic rings. The van der Waals surface area contributed by atoms with Gasteiger partial charge in [0.1, 0.15) is 11.6 Å². The van der Waals surface area contributed by atoms with Crippen LogP contribution in [0.3, 0.4) is 0 Å². The highest BCUT2D eigenvalue weighted by molar-refractivity contribution is 5.92. The molecule has 0 aliphatic heterocycles. The van der Waals surface area contributed by atoms with E-state index in [9.17, 15) is 9.59 Å². The van der Waals surface area contributed by atoms with Crippen molar-refractivity contribution in [2.45, 2.75) is 67.2 Å². The molecule has 6 atom stereocenters. The highest BCUT2D eigenvalue weighted by atomic mass is 16.1. The topological polar surface area (TPSA) is 46.2 Å². The Balaban J connectivity index is 1.42. The number of nitrogens with one attached hydrogen (secondary N) is 1. The first-order valence-corrected chi connectivity index (χ1v) is 10.3. The summed E-state index contributed by atoms with van der Waals surface area (Å²) in [6.45, 7) is 15.0. The van der Waals surface area contributed by atoms with Crippen LogP contribution in [0.4, 0.5) is 0 Å². The van der Waals surface area contributed by atoms with Crippen LogP contribution in [0.2, 0.25) is 0 Å². The second kappa shape index (κ2) is 4.97. The first-order valence-electron chi connectivity index (χ1n) is 10.3. The van der Waals surface area contributed by atoms with Gasteiger partial charge in [0.25, 0.3) is 0 Å². The summed E-state index contributed by atoms with van der Waals surface area (Å²) in [7, 11) is 0. The lowest BCUT2D eigenvalue weighted by atomic mass is 9.70. The van der Waals surface area contributed by atoms with Crippen molar-refractivity contribution in [2.75, 3.05) is 13.1 Å². The Morgan fingerprint density at radius 1 is 0.760 bits per heavy atom. The van der Waals surface area contributed by atoms with E-state index in [1.54, 1.807) is 0 Å². The molecule has 0 saturated heterocycles. The summed E-state index contributed by atoms with van der Waals surface area (Å²) < 4.78 is 0. The summed E-state index contributed by atoms with van der Waals surface area (Å²) in [5, 5.41) is 3.57. The van der Waals surface area contributed by atoms with Gasteiger partial charge in [0.05, 0.1) is 0 Å². The summed E-state index contributed by atoms with van der Waals surface area (Å²) in [6, 6.07) is 0. The molecule has 0 spiro atoms. The lowest BCUT2D eigenvalue weighted by Gasteiger charge is -2.32. The van der Waals surface area contributed by atoms with Gasteiger partial charge in [-0.1, -0.05) is 41.5 Å². The fourth-order valence-electron chi connectivity index (χ4n) is 7.41. The van der Waals surface area contributed by atoms with Crippen LogP contribution in [-0.2, 0) is 9.59 Å². The number of Topliss-reactive ketones (excluding diaryl/α,β-unsaturated/α-hetero) is 2. The summed E-state index contributed by atoms with van der Waals surface area (Å²) in [4.78, 5) is 25.9. The molecule has 0 heterocycles. The number of hydrogen-bond donors (Lipinski definition) is 1. The van der Waals surface area contributed by atoms with Gasteiger partial charge in [-0.3, -0.25) is 9.59 Å². The molecule has 140 valence electrons. The van der Waals surface area contributed by atoms with Crippen molar-refractivity contribution < 1.29 is 9.59 Å². The van der Waals surface area contributed by atoms with Gasteiger partial charge in [0.15, 0.2) is 0 Å². The van der Waals surface area contributed by atoms with E-state index in [1.165, 1.54) is 12.8 Å². The molecule has 4 rings (SSSR count). The zero-order valence-corrected chi connectivity index (χ0v) is 16.9. The van der Waals surface area contributed by atoms with Crippen LogP contribution < -0.4 is 5.32 Å². The van der Waals surface area contributed by atoms with Crippen LogP contribution in [0.15, 0.2) is 0 Å². The second-order valence-electron chi connectivity index (χ2n) is 11.0. The van der Waals surface area contributed by atoms with E-state index in [-0.39, 0.29) is 33.5 Å². The summed E-state index contributed by atoms with van der Waals surface area (Å²) in [5.74, 6) is 2.22. The van der Waals surface area contributed by atoms with Crippen molar-refractivity contribution in [1.82, 2.24) is 5.32 Å². The van der Waals surface area contributed by atoms with E-state index in [0.29, 0.717) is 23.4 Å². The number of ketones is 2. The van der Waals surface area contributed by atoms with Crippen molar-refractivity contribution >= 4 is 11.6 Å². The molecule has 0 amide bonds. The monoisotopic (exact) mass is 345 g/mol. The molecule has 0 radical (unpaired) electrons. The van der Waals surface area contributed by atoms with Crippen molar-refractivity contribution in [3.63, 3.8) is 0 Å². The summed E-state index contributed by atoms with van der Waals surface area (Å²) >= 11 is 0. The Hall–Kier alpha value is -0.700. The van der Waals surface area contributed by atoms with Crippen molar-refractivity contribution in [2.24, 2.45) is 45.3 Å². The van der Waals surface area contributed by atoms with Gasteiger partial charge < -0.3 is 5.32 Å². The van der Waals surface area contributed by atoms with Crippen molar-refractivity contribution in [1.29, 1.82) is 0 Å². The average molecular weight is 346 g/mol. The Kier molecular flexibility index (Phi) is 3.52. The van der Waals surface area contributed by atoms with Gasteiger partial charge in [-0.15, -0.1) is 0 Å². The molecule has 4 saturated carbocycles. The molecule has 0 unspecified atom stereocenters. The molecule has 1 N–H and O–H groups in total. The van der Waals surface area contributed by atoms with Gasteiger partial charge in [-0.2, -0.15) is 0 Å². The smallest absolute Gasteiger partial charge is 0.143 e. The van der Waals surface area contributed by atoms with Crippen LogP contribution in [0.25, 0.3) is 0 Å².